The van der Waals surface area contributed by atoms with E-state index in [0.717, 1.165) is 37.7 Å². The molecule has 0 aliphatic heterocycles. The van der Waals surface area contributed by atoms with Crippen LogP contribution in [0.1, 0.15) is 48.8 Å². The number of nitrogens with two attached hydrogens (primary N) is 2. The first-order valence-electron chi connectivity index (χ1n) is 11.5. The van der Waals surface area contributed by atoms with E-state index < -0.39 is 39.2 Å². The molecule has 0 spiro atoms. The predicted octanol–water partition coefficient (Wildman–Crippen LogP) is 2.56. The van der Waals surface area contributed by atoms with Gasteiger partial charge in [-0.1, -0.05) is 73.9 Å². The zero-order valence-corrected chi connectivity index (χ0v) is 20.6. The smallest absolute Gasteiger partial charge is 0.223 e. The van der Waals surface area contributed by atoms with Gasteiger partial charge in [-0.05, 0) is 41.9 Å². The van der Waals surface area contributed by atoms with Crippen LogP contribution in [-0.4, -0.2) is 26.2 Å². The van der Waals surface area contributed by atoms with E-state index >= 15 is 0 Å². The zero-order valence-electron chi connectivity index (χ0n) is 19.0. The Bertz CT molecular complexity index is 1140. The average Bonchev–Trinajstić information content (AvgIpc) is 3.12. The van der Waals surface area contributed by atoms with Crippen molar-refractivity contribution in [1.82, 2.24) is 4.72 Å². The van der Waals surface area contributed by atoms with E-state index in [4.69, 9.17) is 11.5 Å². The Morgan fingerprint density at radius 2 is 1.62 bits per heavy atom. The number of Topliss-reactive ketones (excluding diaryl/α,β-unsaturated/α-hetero) is 1. The maximum Gasteiger partial charge on any atom is 0.223 e. The van der Waals surface area contributed by atoms with Gasteiger partial charge in [-0.15, -0.1) is 12.4 Å². The third-order valence-corrected chi connectivity index (χ3v) is 8.42. The summed E-state index contributed by atoms with van der Waals surface area (Å²) in [6, 6.07) is 15.0. The molecule has 1 amide bonds. The van der Waals surface area contributed by atoms with Crippen LogP contribution in [0, 0.1) is 11.8 Å². The number of hydrogen-bond acceptors (Lipinski definition) is 5. The highest BCUT2D eigenvalue weighted by Crippen LogP contribution is 2.42. The van der Waals surface area contributed by atoms with Crippen LogP contribution in [0.4, 0.5) is 0 Å². The fourth-order valence-electron chi connectivity index (χ4n) is 5.42. The Morgan fingerprint density at radius 1 is 1.00 bits per heavy atom. The standard InChI is InChI=1S/C25H31N3O4S.ClH/c26-24(30)21-15-19-13-7-8-14-20(19)25(21,27)23(29)22(18-11-5-2-6-12-18)28-33(31,32)16-17-9-3-1-4-10-17;/h1,3-4,7-10,13-14,18,21-22,28H,2,5-6,11-12,15-16,27H2,(H2,26,30);1H/t21?,22-,25?;/m1./s1. The van der Waals surface area contributed by atoms with E-state index in [1.807, 2.05) is 18.2 Å². The first kappa shape index (κ1) is 26.3. The van der Waals surface area contributed by atoms with Crippen LogP contribution in [-0.2, 0) is 37.3 Å². The van der Waals surface area contributed by atoms with Crippen LogP contribution in [0.2, 0.25) is 0 Å². The minimum absolute atomic E-state index is 0. The third kappa shape index (κ3) is 5.20. The predicted molar refractivity (Wildman–Crippen MR) is 134 cm³/mol. The van der Waals surface area contributed by atoms with Crippen LogP contribution >= 0.6 is 12.4 Å². The van der Waals surface area contributed by atoms with Crippen molar-refractivity contribution in [3.8, 4) is 0 Å². The number of benzene rings is 2. The summed E-state index contributed by atoms with van der Waals surface area (Å²) in [5, 5.41) is 0. The molecule has 0 saturated heterocycles. The molecule has 1 fully saturated rings. The summed E-state index contributed by atoms with van der Waals surface area (Å²) in [7, 11) is -3.84. The lowest BCUT2D eigenvalue weighted by Gasteiger charge is -2.37. The molecule has 7 nitrogen and oxygen atoms in total. The molecule has 2 aromatic carbocycles. The van der Waals surface area contributed by atoms with E-state index in [1.54, 1.807) is 36.4 Å². The van der Waals surface area contributed by atoms with Crippen molar-refractivity contribution in [3.63, 3.8) is 0 Å². The van der Waals surface area contributed by atoms with Crippen LogP contribution in [0.3, 0.4) is 0 Å². The Morgan fingerprint density at radius 3 is 2.26 bits per heavy atom. The van der Waals surface area contributed by atoms with Crippen molar-refractivity contribution in [2.75, 3.05) is 0 Å². The maximum atomic E-state index is 14.1. The minimum atomic E-state index is -3.84. The van der Waals surface area contributed by atoms with Gasteiger partial charge in [0.25, 0.3) is 0 Å². The molecule has 0 radical (unpaired) electrons. The number of carbonyl (C=O) groups is 2. The van der Waals surface area contributed by atoms with Crippen molar-refractivity contribution in [1.29, 1.82) is 0 Å². The molecule has 1 saturated carbocycles. The normalized spacial score (nSPS) is 23.5. The van der Waals surface area contributed by atoms with Gasteiger partial charge in [0.2, 0.25) is 15.9 Å². The van der Waals surface area contributed by atoms with Gasteiger partial charge in [-0.25, -0.2) is 13.1 Å². The fraction of sp³-hybridized carbons (Fsp3) is 0.440. The molecular weight excluding hydrogens is 474 g/mol. The van der Waals surface area contributed by atoms with Crippen LogP contribution in [0.25, 0.3) is 0 Å². The number of hydrogen-bond donors (Lipinski definition) is 3. The summed E-state index contributed by atoms with van der Waals surface area (Å²) >= 11 is 0. The van der Waals surface area contributed by atoms with Gasteiger partial charge in [-0.2, -0.15) is 0 Å². The minimum Gasteiger partial charge on any atom is -0.369 e. The van der Waals surface area contributed by atoms with Crippen LogP contribution < -0.4 is 16.2 Å². The molecule has 0 heterocycles. The van der Waals surface area contributed by atoms with Gasteiger partial charge in [0.1, 0.15) is 5.54 Å². The molecule has 0 aromatic heterocycles. The first-order valence-corrected chi connectivity index (χ1v) is 13.1. The molecule has 2 aromatic rings. The number of rotatable bonds is 8. The molecule has 2 aliphatic rings. The van der Waals surface area contributed by atoms with E-state index in [9.17, 15) is 18.0 Å². The number of amides is 1. The molecular formula is C25H32ClN3O4S. The molecule has 3 atom stereocenters. The molecule has 2 aliphatic carbocycles. The molecule has 0 bridgehead atoms. The van der Waals surface area contributed by atoms with Gasteiger partial charge in [-0.3, -0.25) is 9.59 Å². The lowest BCUT2D eigenvalue weighted by atomic mass is 9.73. The van der Waals surface area contributed by atoms with E-state index in [0.29, 0.717) is 11.1 Å². The van der Waals surface area contributed by atoms with Gasteiger partial charge in [0.15, 0.2) is 5.78 Å². The van der Waals surface area contributed by atoms with Crippen molar-refractivity contribution < 1.29 is 18.0 Å². The van der Waals surface area contributed by atoms with Gasteiger partial charge in [0.05, 0.1) is 17.7 Å². The maximum absolute atomic E-state index is 14.1. The molecule has 34 heavy (non-hydrogen) atoms. The largest absolute Gasteiger partial charge is 0.369 e. The molecule has 2 unspecified atom stereocenters. The highest BCUT2D eigenvalue weighted by molar-refractivity contribution is 7.88. The van der Waals surface area contributed by atoms with Crippen molar-refractivity contribution in [3.05, 3.63) is 71.3 Å². The summed E-state index contributed by atoms with van der Waals surface area (Å²) in [6.45, 7) is 0. The van der Waals surface area contributed by atoms with Crippen molar-refractivity contribution >= 4 is 34.1 Å². The average molecular weight is 506 g/mol. The van der Waals surface area contributed by atoms with Crippen molar-refractivity contribution in [2.45, 2.75) is 55.9 Å². The molecule has 4 rings (SSSR count). The quantitative estimate of drug-likeness (QED) is 0.507. The zero-order chi connectivity index (χ0) is 23.6. The van der Waals surface area contributed by atoms with E-state index in [1.165, 1.54) is 0 Å². The van der Waals surface area contributed by atoms with E-state index in [2.05, 4.69) is 4.72 Å². The fourth-order valence-corrected chi connectivity index (χ4v) is 6.82. The number of halogens is 1. The summed E-state index contributed by atoms with van der Waals surface area (Å²) in [5.74, 6) is -2.47. The SMILES string of the molecule is Cl.NC(=O)C1Cc2ccccc2C1(N)C(=O)[C@H](NS(=O)(=O)Cc1ccccc1)C1CCCCC1. The lowest BCUT2D eigenvalue weighted by molar-refractivity contribution is -0.135. The van der Waals surface area contributed by atoms with Crippen LogP contribution in [0.5, 0.6) is 0 Å². The highest BCUT2D eigenvalue weighted by atomic mass is 35.5. The summed E-state index contributed by atoms with van der Waals surface area (Å²) < 4.78 is 29.0. The second-order valence-corrected chi connectivity index (χ2v) is 11.0. The molecule has 5 N–H and O–H groups in total. The summed E-state index contributed by atoms with van der Waals surface area (Å²) in [5.41, 5.74) is 12.8. The second-order valence-electron chi connectivity index (χ2n) is 9.29. The number of fused-ring (bicyclic) bond motifs is 1. The van der Waals surface area contributed by atoms with Gasteiger partial charge in [0, 0.05) is 0 Å². The third-order valence-electron chi connectivity index (χ3n) is 7.10. The Labute approximate surface area is 207 Å². The number of nitrogens with one attached hydrogen (secondary N) is 1. The van der Waals surface area contributed by atoms with Gasteiger partial charge >= 0.3 is 0 Å². The Kier molecular flexibility index (Phi) is 8.18. The van der Waals surface area contributed by atoms with Gasteiger partial charge < -0.3 is 11.5 Å². The Balaban J connectivity index is 0.00000324. The summed E-state index contributed by atoms with van der Waals surface area (Å²) in [4.78, 5) is 26.5. The number of sulfonamides is 1. The second kappa shape index (κ2) is 10.6. The first-order chi connectivity index (χ1) is 15.7. The molecule has 184 valence electrons. The highest BCUT2D eigenvalue weighted by Gasteiger charge is 2.55. The number of ketones is 1. The number of carbonyl (C=O) groups excluding carboxylic acids is 2. The number of primary amides is 1. The van der Waals surface area contributed by atoms with Crippen LogP contribution in [0.15, 0.2) is 54.6 Å². The lowest BCUT2D eigenvalue weighted by Crippen LogP contribution is -2.61. The monoisotopic (exact) mass is 505 g/mol. The molecule has 9 heteroatoms. The Hall–Kier alpha value is -2.26. The van der Waals surface area contributed by atoms with Crippen molar-refractivity contribution in [2.24, 2.45) is 23.3 Å². The topological polar surface area (TPSA) is 132 Å². The van der Waals surface area contributed by atoms with E-state index in [-0.39, 0.29) is 30.5 Å². The summed E-state index contributed by atoms with van der Waals surface area (Å²) in [6.07, 6.45) is 4.60.